The summed E-state index contributed by atoms with van der Waals surface area (Å²) in [6.45, 7) is 3.07. The lowest BCUT2D eigenvalue weighted by Gasteiger charge is -2.09. The number of likely N-dealkylation sites (N-methyl/N-ethyl adjacent to an activating group) is 1. The molecule has 0 aromatic heterocycles. The van der Waals surface area contributed by atoms with E-state index >= 15 is 0 Å². The highest BCUT2D eigenvalue weighted by Gasteiger charge is 2.05. The van der Waals surface area contributed by atoms with Crippen molar-refractivity contribution in [3.63, 3.8) is 0 Å². The molecule has 0 unspecified atom stereocenters. The fourth-order valence-corrected chi connectivity index (χ4v) is 1.76. The Labute approximate surface area is 93.8 Å². The van der Waals surface area contributed by atoms with E-state index in [-0.39, 0.29) is 0 Å². The summed E-state index contributed by atoms with van der Waals surface area (Å²) >= 11 is 3.50. The summed E-state index contributed by atoms with van der Waals surface area (Å²) in [7, 11) is 3.66. The van der Waals surface area contributed by atoms with Gasteiger partial charge in [0.25, 0.3) is 0 Å². The predicted octanol–water partition coefficient (Wildman–Crippen LogP) is 2.53. The van der Waals surface area contributed by atoms with Crippen molar-refractivity contribution in [2.75, 3.05) is 20.7 Å². The predicted molar refractivity (Wildman–Crippen MR) is 63.1 cm³/mol. The van der Waals surface area contributed by atoms with Crippen LogP contribution in [0.3, 0.4) is 0 Å². The van der Waals surface area contributed by atoms with Gasteiger partial charge in [0.05, 0.1) is 11.6 Å². The van der Waals surface area contributed by atoms with E-state index < -0.39 is 0 Å². The van der Waals surface area contributed by atoms with E-state index in [2.05, 4.69) is 40.3 Å². The average molecular weight is 258 g/mol. The van der Waals surface area contributed by atoms with E-state index in [1.165, 1.54) is 11.1 Å². The van der Waals surface area contributed by atoms with Crippen molar-refractivity contribution in [1.29, 1.82) is 0 Å². The van der Waals surface area contributed by atoms with Crippen LogP contribution >= 0.6 is 15.9 Å². The Kier molecular flexibility index (Phi) is 4.42. The van der Waals surface area contributed by atoms with Crippen LogP contribution in [0.25, 0.3) is 0 Å². The first-order valence-corrected chi connectivity index (χ1v) is 5.46. The Morgan fingerprint density at radius 2 is 2.14 bits per heavy atom. The molecule has 1 aromatic carbocycles. The van der Waals surface area contributed by atoms with E-state index in [9.17, 15) is 0 Å². The van der Waals surface area contributed by atoms with Gasteiger partial charge in [0.2, 0.25) is 0 Å². The molecule has 0 bridgehead atoms. The molecule has 0 spiro atoms. The minimum atomic E-state index is 0.913. The third-order valence-corrected chi connectivity index (χ3v) is 3.18. The Hall–Kier alpha value is -0.540. The molecule has 0 saturated heterocycles. The molecule has 0 fully saturated rings. The van der Waals surface area contributed by atoms with Crippen LogP contribution in [0, 0.1) is 6.92 Å². The van der Waals surface area contributed by atoms with Crippen LogP contribution in [-0.4, -0.2) is 20.7 Å². The monoisotopic (exact) mass is 257 g/mol. The molecule has 2 nitrogen and oxygen atoms in total. The summed E-state index contributed by atoms with van der Waals surface area (Å²) in [5.41, 5.74) is 2.52. The van der Waals surface area contributed by atoms with Crippen molar-refractivity contribution in [2.45, 2.75) is 13.3 Å². The van der Waals surface area contributed by atoms with Crippen LogP contribution in [0.5, 0.6) is 5.75 Å². The minimum absolute atomic E-state index is 0.913. The van der Waals surface area contributed by atoms with Crippen molar-refractivity contribution in [3.05, 3.63) is 27.7 Å². The van der Waals surface area contributed by atoms with Gasteiger partial charge in [0, 0.05) is 0 Å². The number of rotatable bonds is 4. The maximum absolute atomic E-state index is 5.28. The van der Waals surface area contributed by atoms with Crippen LogP contribution in [0.15, 0.2) is 16.6 Å². The fourth-order valence-electron chi connectivity index (χ4n) is 1.37. The van der Waals surface area contributed by atoms with Gasteiger partial charge in [0.15, 0.2) is 0 Å². The minimum Gasteiger partial charge on any atom is -0.496 e. The topological polar surface area (TPSA) is 21.3 Å². The number of methoxy groups -OCH3 is 1. The van der Waals surface area contributed by atoms with E-state index in [1.807, 2.05) is 7.05 Å². The zero-order chi connectivity index (χ0) is 10.6. The second-order valence-electron chi connectivity index (χ2n) is 3.28. The number of hydrogen-bond donors (Lipinski definition) is 1. The average Bonchev–Trinajstić information content (AvgIpc) is 2.19. The van der Waals surface area contributed by atoms with Crippen molar-refractivity contribution >= 4 is 15.9 Å². The van der Waals surface area contributed by atoms with Gasteiger partial charge in [-0.2, -0.15) is 0 Å². The summed E-state index contributed by atoms with van der Waals surface area (Å²) in [6.07, 6.45) is 1.03. The molecular weight excluding hydrogens is 242 g/mol. The van der Waals surface area contributed by atoms with Gasteiger partial charge in [-0.15, -0.1) is 0 Å². The summed E-state index contributed by atoms with van der Waals surface area (Å²) in [5.74, 6) is 0.913. The first kappa shape index (κ1) is 11.5. The third-order valence-electron chi connectivity index (χ3n) is 2.16. The molecule has 0 heterocycles. The van der Waals surface area contributed by atoms with Gasteiger partial charge < -0.3 is 10.1 Å². The van der Waals surface area contributed by atoms with Gasteiger partial charge in [-0.25, -0.2) is 0 Å². The molecule has 1 N–H and O–H groups in total. The molecule has 0 amide bonds. The SMILES string of the molecule is CNCCc1cc(C)c(Br)c(OC)c1. The zero-order valence-corrected chi connectivity index (χ0v) is 10.4. The smallest absolute Gasteiger partial charge is 0.133 e. The Morgan fingerprint density at radius 3 is 2.71 bits per heavy atom. The van der Waals surface area contributed by atoms with Gasteiger partial charge in [-0.3, -0.25) is 0 Å². The Morgan fingerprint density at radius 1 is 1.43 bits per heavy atom. The summed E-state index contributed by atoms with van der Waals surface area (Å²) in [4.78, 5) is 0. The highest BCUT2D eigenvalue weighted by Crippen LogP contribution is 2.29. The number of aryl methyl sites for hydroxylation is 1. The van der Waals surface area contributed by atoms with Crippen LogP contribution in [-0.2, 0) is 6.42 Å². The van der Waals surface area contributed by atoms with Crippen LogP contribution in [0.2, 0.25) is 0 Å². The quantitative estimate of drug-likeness (QED) is 0.896. The van der Waals surface area contributed by atoms with Crippen LogP contribution in [0.1, 0.15) is 11.1 Å². The summed E-state index contributed by atoms with van der Waals surface area (Å²) in [5, 5.41) is 3.14. The Bertz CT molecular complexity index is 312. The molecule has 0 aliphatic carbocycles. The number of halogens is 1. The molecular formula is C11H16BrNO. The second-order valence-corrected chi connectivity index (χ2v) is 4.08. The molecule has 1 rings (SSSR count). The lowest BCUT2D eigenvalue weighted by molar-refractivity contribution is 0.411. The lowest BCUT2D eigenvalue weighted by Crippen LogP contribution is -2.10. The first-order valence-electron chi connectivity index (χ1n) is 4.66. The fraction of sp³-hybridized carbons (Fsp3) is 0.455. The van der Waals surface area contributed by atoms with Crippen molar-refractivity contribution in [1.82, 2.24) is 5.32 Å². The molecule has 78 valence electrons. The van der Waals surface area contributed by atoms with E-state index in [0.717, 1.165) is 23.2 Å². The second kappa shape index (κ2) is 5.37. The number of nitrogens with one attached hydrogen (secondary N) is 1. The van der Waals surface area contributed by atoms with E-state index in [0.29, 0.717) is 0 Å². The maximum atomic E-state index is 5.28. The lowest BCUT2D eigenvalue weighted by atomic mass is 10.1. The van der Waals surface area contributed by atoms with Gasteiger partial charge in [-0.1, -0.05) is 6.07 Å². The molecule has 1 aromatic rings. The van der Waals surface area contributed by atoms with E-state index in [1.54, 1.807) is 7.11 Å². The highest BCUT2D eigenvalue weighted by atomic mass is 79.9. The molecule has 0 saturated carbocycles. The number of hydrogen-bond acceptors (Lipinski definition) is 2. The van der Waals surface area contributed by atoms with Crippen molar-refractivity contribution in [2.24, 2.45) is 0 Å². The molecule has 3 heteroatoms. The molecule has 0 radical (unpaired) electrons. The van der Waals surface area contributed by atoms with Gasteiger partial charge in [0.1, 0.15) is 5.75 Å². The highest BCUT2D eigenvalue weighted by molar-refractivity contribution is 9.10. The van der Waals surface area contributed by atoms with E-state index in [4.69, 9.17) is 4.74 Å². The van der Waals surface area contributed by atoms with Gasteiger partial charge >= 0.3 is 0 Å². The first-order chi connectivity index (χ1) is 6.69. The normalized spacial score (nSPS) is 10.3. The molecule has 0 atom stereocenters. The van der Waals surface area contributed by atoms with Crippen molar-refractivity contribution in [3.8, 4) is 5.75 Å². The van der Waals surface area contributed by atoms with Crippen LogP contribution < -0.4 is 10.1 Å². The number of benzene rings is 1. The largest absolute Gasteiger partial charge is 0.496 e. The molecule has 0 aliphatic rings. The van der Waals surface area contributed by atoms with Crippen LogP contribution in [0.4, 0.5) is 0 Å². The Balaban J connectivity index is 2.91. The third kappa shape index (κ3) is 2.72. The summed E-state index contributed by atoms with van der Waals surface area (Å²) in [6, 6.07) is 4.26. The standard InChI is InChI=1S/C11H16BrNO/c1-8-6-9(4-5-13-2)7-10(14-3)11(8)12/h6-7,13H,4-5H2,1-3H3. The molecule has 0 aliphatic heterocycles. The maximum Gasteiger partial charge on any atom is 0.133 e. The molecule has 14 heavy (non-hydrogen) atoms. The van der Waals surface area contributed by atoms with Crippen molar-refractivity contribution < 1.29 is 4.74 Å². The number of ether oxygens (including phenoxy) is 1. The zero-order valence-electron chi connectivity index (χ0n) is 8.86. The van der Waals surface area contributed by atoms with Gasteiger partial charge in [-0.05, 0) is 60.1 Å². The summed E-state index contributed by atoms with van der Waals surface area (Å²) < 4.78 is 6.33.